The molecule has 2 aromatic carbocycles. The number of pyridine rings is 1. The van der Waals surface area contributed by atoms with Gasteiger partial charge in [-0.1, -0.05) is 18.6 Å². The fraction of sp³-hybridized carbons (Fsp3) is 0.281. The molecule has 3 aromatic heterocycles. The number of halogens is 1. The minimum Gasteiger partial charge on any atom is -0.490 e. The smallest absolute Gasteiger partial charge is 0.269 e. The first-order valence-electron chi connectivity index (χ1n) is 14.1. The second kappa shape index (κ2) is 16.0. The first-order chi connectivity index (χ1) is 21.0. The number of benzene rings is 2. The maximum absolute atomic E-state index is 12.4. The van der Waals surface area contributed by atoms with Crippen molar-refractivity contribution in [3.63, 3.8) is 0 Å². The van der Waals surface area contributed by atoms with Crippen molar-refractivity contribution in [1.29, 1.82) is 0 Å². The van der Waals surface area contributed by atoms with Gasteiger partial charge in [0.25, 0.3) is 5.91 Å². The Labute approximate surface area is 250 Å². The van der Waals surface area contributed by atoms with Crippen LogP contribution in [-0.4, -0.2) is 81.2 Å². The fourth-order valence-electron chi connectivity index (χ4n) is 4.38. The molecule has 1 amide bonds. The van der Waals surface area contributed by atoms with E-state index < -0.39 is 5.82 Å². The quantitative estimate of drug-likeness (QED) is 0.261. The Kier molecular flexibility index (Phi) is 11.6. The van der Waals surface area contributed by atoms with Crippen LogP contribution in [-0.2, 0) is 0 Å². The van der Waals surface area contributed by atoms with Crippen LogP contribution in [0.4, 0.5) is 4.39 Å². The number of aliphatic hydroxyl groups excluding tert-OH is 1. The summed E-state index contributed by atoms with van der Waals surface area (Å²) in [6.45, 7) is 2.85. The Hall–Kier alpha value is -4.74. The average Bonchev–Trinajstić information content (AvgIpc) is 3.48. The molecule has 0 aliphatic carbocycles. The SMILES string of the molecule is CN1CCCCC1.CNC(=O)c1cc(F)ccn1.OCCOc1ccccc1-c1nc2ccc(-c3ncccn3)cc2[nH]1. The van der Waals surface area contributed by atoms with Gasteiger partial charge in [0.05, 0.1) is 23.2 Å². The summed E-state index contributed by atoms with van der Waals surface area (Å²) in [6.07, 6.45) is 8.97. The molecule has 1 aliphatic heterocycles. The number of carbonyl (C=O) groups is 1. The van der Waals surface area contributed by atoms with E-state index in [0.29, 0.717) is 11.6 Å². The number of ether oxygens (including phenoxy) is 1. The number of nitrogens with one attached hydrogen (secondary N) is 2. The molecule has 1 aliphatic rings. The number of H-pyrrole nitrogens is 1. The van der Waals surface area contributed by atoms with Crippen LogP contribution in [0, 0.1) is 5.82 Å². The molecule has 0 saturated carbocycles. The molecule has 10 nitrogen and oxygen atoms in total. The lowest BCUT2D eigenvalue weighted by molar-refractivity contribution is 0.0957. The number of para-hydroxylation sites is 1. The summed E-state index contributed by atoms with van der Waals surface area (Å²) in [6, 6.07) is 17.6. The van der Waals surface area contributed by atoms with Crippen LogP contribution in [0.5, 0.6) is 5.75 Å². The van der Waals surface area contributed by atoms with Gasteiger partial charge in [-0.05, 0) is 75.4 Å². The number of hydrogen-bond donors (Lipinski definition) is 3. The number of nitrogens with zero attached hydrogens (tertiary/aromatic N) is 5. The highest BCUT2D eigenvalue weighted by atomic mass is 19.1. The third kappa shape index (κ3) is 9.12. The van der Waals surface area contributed by atoms with Crippen LogP contribution < -0.4 is 10.1 Å². The molecule has 4 heterocycles. The van der Waals surface area contributed by atoms with Gasteiger partial charge in [-0.3, -0.25) is 9.78 Å². The van der Waals surface area contributed by atoms with Gasteiger partial charge in [0.15, 0.2) is 5.82 Å². The summed E-state index contributed by atoms with van der Waals surface area (Å²) >= 11 is 0. The van der Waals surface area contributed by atoms with Crippen LogP contribution in [0.3, 0.4) is 0 Å². The zero-order chi connectivity index (χ0) is 30.4. The summed E-state index contributed by atoms with van der Waals surface area (Å²) in [7, 11) is 3.66. The fourth-order valence-corrected chi connectivity index (χ4v) is 4.38. The number of fused-ring (bicyclic) bond motifs is 1. The third-order valence-corrected chi connectivity index (χ3v) is 6.56. The predicted octanol–water partition coefficient (Wildman–Crippen LogP) is 4.74. The van der Waals surface area contributed by atoms with Crippen molar-refractivity contribution in [2.24, 2.45) is 0 Å². The predicted molar refractivity (Wildman–Crippen MR) is 164 cm³/mol. The van der Waals surface area contributed by atoms with Crippen molar-refractivity contribution in [2.75, 3.05) is 40.4 Å². The molecule has 3 N–H and O–H groups in total. The van der Waals surface area contributed by atoms with E-state index in [2.05, 4.69) is 42.2 Å². The van der Waals surface area contributed by atoms with Crippen LogP contribution in [0.1, 0.15) is 29.8 Å². The molecule has 5 aromatic rings. The number of piperidine rings is 1. The van der Waals surface area contributed by atoms with Gasteiger partial charge in [-0.25, -0.2) is 19.3 Å². The Bertz CT molecular complexity index is 1590. The molecule has 1 saturated heterocycles. The molecule has 6 rings (SSSR count). The van der Waals surface area contributed by atoms with Crippen molar-refractivity contribution in [3.8, 4) is 28.5 Å². The van der Waals surface area contributed by atoms with Gasteiger partial charge in [-0.2, -0.15) is 0 Å². The summed E-state index contributed by atoms with van der Waals surface area (Å²) in [5, 5.41) is 11.3. The zero-order valence-corrected chi connectivity index (χ0v) is 24.3. The van der Waals surface area contributed by atoms with Crippen LogP contribution in [0.2, 0.25) is 0 Å². The maximum atomic E-state index is 12.4. The Morgan fingerprint density at radius 3 is 2.44 bits per heavy atom. The minimum atomic E-state index is -0.460. The summed E-state index contributed by atoms with van der Waals surface area (Å²) in [5.74, 6) is 1.23. The highest BCUT2D eigenvalue weighted by molar-refractivity contribution is 5.91. The Morgan fingerprint density at radius 2 is 1.77 bits per heavy atom. The van der Waals surface area contributed by atoms with Crippen molar-refractivity contribution < 1.29 is 19.0 Å². The first-order valence-corrected chi connectivity index (χ1v) is 14.1. The summed E-state index contributed by atoms with van der Waals surface area (Å²) in [5.41, 5.74) is 3.62. The monoisotopic (exact) mass is 585 g/mol. The van der Waals surface area contributed by atoms with E-state index >= 15 is 0 Å². The number of aliphatic hydroxyl groups is 1. The Balaban J connectivity index is 0.000000193. The van der Waals surface area contributed by atoms with E-state index in [1.807, 2.05) is 42.5 Å². The van der Waals surface area contributed by atoms with Crippen LogP contribution in [0.25, 0.3) is 33.8 Å². The Morgan fingerprint density at radius 1 is 1.00 bits per heavy atom. The van der Waals surface area contributed by atoms with Crippen LogP contribution in [0.15, 0.2) is 79.3 Å². The zero-order valence-electron chi connectivity index (χ0n) is 24.3. The van der Waals surface area contributed by atoms with E-state index in [0.717, 1.165) is 34.1 Å². The van der Waals surface area contributed by atoms with E-state index in [9.17, 15) is 9.18 Å². The molecular formula is C32H36FN7O3. The van der Waals surface area contributed by atoms with Crippen molar-refractivity contribution in [3.05, 3.63) is 90.8 Å². The first kappa shape index (κ1) is 31.2. The lowest BCUT2D eigenvalue weighted by Crippen LogP contribution is -2.24. The van der Waals surface area contributed by atoms with Gasteiger partial charge in [0.2, 0.25) is 0 Å². The lowest BCUT2D eigenvalue weighted by atomic mass is 10.1. The second-order valence-electron chi connectivity index (χ2n) is 9.76. The number of rotatable bonds is 6. The molecule has 224 valence electrons. The average molecular weight is 586 g/mol. The molecule has 0 atom stereocenters. The van der Waals surface area contributed by atoms with E-state index in [4.69, 9.17) is 9.84 Å². The molecule has 0 bridgehead atoms. The van der Waals surface area contributed by atoms with Crippen LogP contribution >= 0.6 is 0 Å². The van der Waals surface area contributed by atoms with Gasteiger partial charge in [0.1, 0.15) is 29.7 Å². The van der Waals surface area contributed by atoms with E-state index in [1.54, 1.807) is 18.5 Å². The topological polar surface area (TPSA) is 129 Å². The third-order valence-electron chi connectivity index (χ3n) is 6.56. The number of aromatic amines is 1. The number of likely N-dealkylation sites (tertiary alicyclic amines) is 1. The van der Waals surface area contributed by atoms with Gasteiger partial charge < -0.3 is 25.0 Å². The van der Waals surface area contributed by atoms with Gasteiger partial charge >= 0.3 is 0 Å². The van der Waals surface area contributed by atoms with Gasteiger partial charge in [0, 0.05) is 37.3 Å². The number of carbonyl (C=O) groups excluding carboxylic acids is 1. The second-order valence-corrected chi connectivity index (χ2v) is 9.76. The largest absolute Gasteiger partial charge is 0.490 e. The van der Waals surface area contributed by atoms with Crippen molar-refractivity contribution in [2.45, 2.75) is 19.3 Å². The summed E-state index contributed by atoms with van der Waals surface area (Å²) in [4.78, 5) is 33.4. The molecule has 0 radical (unpaired) electrons. The normalized spacial score (nSPS) is 12.8. The number of aromatic nitrogens is 5. The van der Waals surface area contributed by atoms with Crippen molar-refractivity contribution in [1.82, 2.24) is 35.1 Å². The van der Waals surface area contributed by atoms with E-state index in [-0.39, 0.29) is 24.8 Å². The number of hydrogen-bond acceptors (Lipinski definition) is 8. The minimum absolute atomic E-state index is 0.0328. The van der Waals surface area contributed by atoms with Gasteiger partial charge in [-0.15, -0.1) is 0 Å². The summed E-state index contributed by atoms with van der Waals surface area (Å²) < 4.78 is 18.0. The standard InChI is InChI=1S/C19H16N4O2.C7H7FN2O.C6H13N/c24-10-11-25-17-5-2-1-4-14(17)19-22-15-7-6-13(12-16(15)23-19)18-20-8-3-9-21-18;1-9-7(11)6-4-5(8)2-3-10-6;1-7-5-3-2-4-6-7/h1-9,12,24H,10-11H2,(H,22,23);2-4H,1H3,(H,9,11);2-6H2,1H3. The number of amides is 1. The highest BCUT2D eigenvalue weighted by Gasteiger charge is 2.12. The molecule has 11 heteroatoms. The van der Waals surface area contributed by atoms with E-state index in [1.165, 1.54) is 51.7 Å². The highest BCUT2D eigenvalue weighted by Crippen LogP contribution is 2.30. The molecule has 1 fully saturated rings. The lowest BCUT2D eigenvalue weighted by Gasteiger charge is -2.20. The number of imidazole rings is 1. The van der Waals surface area contributed by atoms with Crippen molar-refractivity contribution >= 4 is 16.9 Å². The molecule has 0 unspecified atom stereocenters. The maximum Gasteiger partial charge on any atom is 0.269 e. The molecular weight excluding hydrogens is 549 g/mol. The molecule has 0 spiro atoms. The molecule has 43 heavy (non-hydrogen) atoms.